The summed E-state index contributed by atoms with van der Waals surface area (Å²) in [6, 6.07) is 3.56. The molecule has 0 aromatic carbocycles. The Morgan fingerprint density at radius 2 is 1.60 bits per heavy atom. The lowest BCUT2D eigenvalue weighted by atomic mass is 10.3. The SMILES string of the molecule is CC(C)[Si](C(C)C)(C(C)C)n1ccc2cc(F)ncc21. The van der Waals surface area contributed by atoms with Gasteiger partial charge in [-0.3, -0.25) is 0 Å². The maximum Gasteiger partial charge on any atom is 0.213 e. The van der Waals surface area contributed by atoms with E-state index in [0.717, 1.165) is 10.9 Å². The van der Waals surface area contributed by atoms with Crippen molar-refractivity contribution < 1.29 is 4.39 Å². The Morgan fingerprint density at radius 1 is 1.05 bits per heavy atom. The largest absolute Gasteiger partial charge is 0.372 e. The van der Waals surface area contributed by atoms with E-state index in [4.69, 9.17) is 0 Å². The monoisotopic (exact) mass is 292 g/mol. The van der Waals surface area contributed by atoms with Crippen LogP contribution in [0, 0.1) is 5.95 Å². The van der Waals surface area contributed by atoms with Gasteiger partial charge in [0, 0.05) is 11.5 Å². The molecule has 0 unspecified atom stereocenters. The Kier molecular flexibility index (Phi) is 4.05. The predicted octanol–water partition coefficient (Wildman–Crippen LogP) is 5.20. The highest BCUT2D eigenvalue weighted by Gasteiger charge is 2.45. The molecule has 2 nitrogen and oxygen atoms in total. The minimum absolute atomic E-state index is 0.402. The Balaban J connectivity index is 2.75. The van der Waals surface area contributed by atoms with Gasteiger partial charge in [0.15, 0.2) is 8.24 Å². The maximum absolute atomic E-state index is 13.3. The quantitative estimate of drug-likeness (QED) is 0.559. The van der Waals surface area contributed by atoms with E-state index in [0.29, 0.717) is 16.6 Å². The van der Waals surface area contributed by atoms with Crippen molar-refractivity contribution in [2.45, 2.75) is 58.2 Å². The molecule has 20 heavy (non-hydrogen) atoms. The van der Waals surface area contributed by atoms with Crippen molar-refractivity contribution in [1.82, 2.24) is 9.22 Å². The zero-order valence-electron chi connectivity index (χ0n) is 13.3. The van der Waals surface area contributed by atoms with Gasteiger partial charge in [-0.15, -0.1) is 0 Å². The van der Waals surface area contributed by atoms with Crippen molar-refractivity contribution in [3.63, 3.8) is 0 Å². The molecule has 2 heterocycles. The second-order valence-corrected chi connectivity index (χ2v) is 12.3. The third-order valence-electron chi connectivity index (χ3n) is 4.74. The highest BCUT2D eigenvalue weighted by molar-refractivity contribution is 6.82. The minimum Gasteiger partial charge on any atom is -0.372 e. The second kappa shape index (κ2) is 5.32. The molecule has 2 rings (SSSR count). The first-order valence-electron chi connectivity index (χ1n) is 7.44. The Morgan fingerprint density at radius 3 is 2.10 bits per heavy atom. The fourth-order valence-corrected chi connectivity index (χ4v) is 10.8. The molecule has 0 radical (unpaired) electrons. The molecule has 110 valence electrons. The highest BCUT2D eigenvalue weighted by Crippen LogP contribution is 2.44. The van der Waals surface area contributed by atoms with Crippen LogP contribution in [0.5, 0.6) is 0 Å². The minimum atomic E-state index is -1.78. The van der Waals surface area contributed by atoms with Gasteiger partial charge in [0.2, 0.25) is 5.95 Å². The van der Waals surface area contributed by atoms with Crippen molar-refractivity contribution in [1.29, 1.82) is 0 Å². The smallest absolute Gasteiger partial charge is 0.213 e. The number of fused-ring (bicyclic) bond motifs is 1. The van der Waals surface area contributed by atoms with Gasteiger partial charge < -0.3 is 4.23 Å². The fraction of sp³-hybridized carbons (Fsp3) is 0.562. The molecule has 0 aliphatic rings. The van der Waals surface area contributed by atoms with Gasteiger partial charge >= 0.3 is 0 Å². The van der Waals surface area contributed by atoms with Crippen LogP contribution in [0.1, 0.15) is 41.5 Å². The Labute approximate surface area is 122 Å². The molecule has 0 bridgehead atoms. The summed E-state index contributed by atoms with van der Waals surface area (Å²) in [5, 5.41) is 0.955. The molecule has 0 saturated carbocycles. The average Bonchev–Trinajstić information content (AvgIpc) is 2.72. The lowest BCUT2D eigenvalue weighted by Gasteiger charge is -2.44. The van der Waals surface area contributed by atoms with Gasteiger partial charge in [-0.05, 0) is 28.9 Å². The summed E-state index contributed by atoms with van der Waals surface area (Å²) in [6.45, 7) is 14.0. The molecule has 0 saturated heterocycles. The Bertz CT molecular complexity index is 580. The van der Waals surface area contributed by atoms with Gasteiger partial charge in [0.1, 0.15) is 0 Å². The second-order valence-electron chi connectivity index (χ2n) is 6.60. The zero-order valence-corrected chi connectivity index (χ0v) is 14.3. The first kappa shape index (κ1) is 15.2. The third-order valence-corrected chi connectivity index (χ3v) is 11.5. The molecule has 0 amide bonds. The lowest BCUT2D eigenvalue weighted by Crippen LogP contribution is -2.51. The average molecular weight is 292 g/mol. The fourth-order valence-electron chi connectivity index (χ4n) is 4.18. The van der Waals surface area contributed by atoms with Crippen molar-refractivity contribution in [3.8, 4) is 0 Å². The number of aromatic nitrogens is 2. The van der Waals surface area contributed by atoms with Crippen LogP contribution >= 0.6 is 0 Å². The van der Waals surface area contributed by atoms with Crippen LogP contribution < -0.4 is 0 Å². The van der Waals surface area contributed by atoms with Crippen LogP contribution in [0.15, 0.2) is 24.5 Å². The summed E-state index contributed by atoms with van der Waals surface area (Å²) in [5.41, 5.74) is 2.92. The van der Waals surface area contributed by atoms with E-state index in [1.807, 2.05) is 6.07 Å². The van der Waals surface area contributed by atoms with E-state index >= 15 is 0 Å². The summed E-state index contributed by atoms with van der Waals surface area (Å²) < 4.78 is 15.8. The molecule has 0 atom stereocenters. The first-order valence-corrected chi connectivity index (χ1v) is 9.62. The normalized spacial score (nSPS) is 13.1. The predicted molar refractivity (Wildman–Crippen MR) is 86.1 cm³/mol. The van der Waals surface area contributed by atoms with Crippen molar-refractivity contribution in [3.05, 3.63) is 30.5 Å². The number of hydrogen-bond donors (Lipinski definition) is 0. The summed E-state index contributed by atoms with van der Waals surface area (Å²) in [5.74, 6) is -0.402. The maximum atomic E-state index is 13.3. The summed E-state index contributed by atoms with van der Waals surface area (Å²) in [7, 11) is -1.78. The van der Waals surface area contributed by atoms with Crippen LogP contribution in [0.3, 0.4) is 0 Å². The van der Waals surface area contributed by atoms with Crippen molar-refractivity contribution in [2.24, 2.45) is 0 Å². The molecule has 0 fully saturated rings. The van der Waals surface area contributed by atoms with Gasteiger partial charge in [-0.1, -0.05) is 41.5 Å². The van der Waals surface area contributed by atoms with E-state index in [-0.39, 0.29) is 0 Å². The van der Waals surface area contributed by atoms with Crippen molar-refractivity contribution in [2.75, 3.05) is 0 Å². The molecule has 2 aromatic heterocycles. The molecule has 0 N–H and O–H groups in total. The molecule has 0 spiro atoms. The Hall–Kier alpha value is -1.16. The zero-order chi connectivity index (χ0) is 15.1. The summed E-state index contributed by atoms with van der Waals surface area (Å²) in [4.78, 5) is 3.87. The van der Waals surface area contributed by atoms with Crippen LogP contribution in [0.2, 0.25) is 16.6 Å². The highest BCUT2D eigenvalue weighted by atomic mass is 28.3. The number of hydrogen-bond acceptors (Lipinski definition) is 1. The van der Waals surface area contributed by atoms with Gasteiger partial charge in [-0.25, -0.2) is 4.98 Å². The molecule has 2 aromatic rings. The van der Waals surface area contributed by atoms with E-state index < -0.39 is 14.2 Å². The van der Waals surface area contributed by atoms with Crippen LogP contribution in [-0.4, -0.2) is 17.5 Å². The number of rotatable bonds is 4. The molecular weight excluding hydrogens is 267 g/mol. The number of nitrogens with zero attached hydrogens (tertiary/aromatic N) is 2. The first-order chi connectivity index (χ1) is 9.31. The van der Waals surface area contributed by atoms with Gasteiger partial charge in [-0.2, -0.15) is 4.39 Å². The standard InChI is InChI=1S/C16H25FN2Si/c1-11(2)20(12(3)4,13(5)6)19-8-7-14-9-16(17)18-10-15(14)19/h7-13H,1-6H3. The van der Waals surface area contributed by atoms with Gasteiger partial charge in [0.25, 0.3) is 0 Å². The summed E-state index contributed by atoms with van der Waals surface area (Å²) in [6.07, 6.45) is 3.84. The summed E-state index contributed by atoms with van der Waals surface area (Å²) >= 11 is 0. The van der Waals surface area contributed by atoms with Crippen LogP contribution in [-0.2, 0) is 0 Å². The van der Waals surface area contributed by atoms with E-state index in [1.54, 1.807) is 6.20 Å². The van der Waals surface area contributed by atoms with E-state index in [2.05, 4.69) is 57.0 Å². The van der Waals surface area contributed by atoms with Crippen molar-refractivity contribution >= 4 is 19.1 Å². The number of halogens is 1. The number of pyridine rings is 1. The van der Waals surface area contributed by atoms with Gasteiger partial charge in [0.05, 0.1) is 11.7 Å². The molecule has 4 heteroatoms. The van der Waals surface area contributed by atoms with E-state index in [9.17, 15) is 4.39 Å². The molecule has 0 aliphatic heterocycles. The lowest BCUT2D eigenvalue weighted by molar-refractivity contribution is 0.586. The molecule has 0 aliphatic carbocycles. The molecular formula is C16H25FN2Si. The van der Waals surface area contributed by atoms with Crippen LogP contribution in [0.25, 0.3) is 10.9 Å². The van der Waals surface area contributed by atoms with E-state index in [1.165, 1.54) is 6.07 Å². The van der Waals surface area contributed by atoms with Crippen LogP contribution in [0.4, 0.5) is 4.39 Å². The third kappa shape index (κ3) is 2.10. The topological polar surface area (TPSA) is 17.8 Å².